The third kappa shape index (κ3) is 1.65. The van der Waals surface area contributed by atoms with Crippen LogP contribution in [0.3, 0.4) is 0 Å². The van der Waals surface area contributed by atoms with Crippen molar-refractivity contribution in [2.75, 3.05) is 18.8 Å². The molecule has 1 N–H and O–H groups in total. The van der Waals surface area contributed by atoms with Crippen LogP contribution in [-0.2, 0) is 4.79 Å². The van der Waals surface area contributed by atoms with Crippen LogP contribution >= 0.6 is 11.8 Å². The third-order valence-electron chi connectivity index (χ3n) is 2.35. The van der Waals surface area contributed by atoms with Gasteiger partial charge in [-0.15, -0.1) is 0 Å². The molecular formula is C8H12N2O2S. The summed E-state index contributed by atoms with van der Waals surface area (Å²) in [7, 11) is 0. The highest BCUT2D eigenvalue weighted by molar-refractivity contribution is 8.14. The molecule has 13 heavy (non-hydrogen) atoms. The highest BCUT2D eigenvalue weighted by Gasteiger charge is 2.33. The number of carboxylic acid groups (broad SMARTS) is 1. The fraction of sp³-hybridized carbons (Fsp3) is 0.750. The smallest absolute Gasteiger partial charge is 0.326 e. The van der Waals surface area contributed by atoms with Crippen LogP contribution in [-0.4, -0.2) is 46.0 Å². The van der Waals surface area contributed by atoms with E-state index in [0.717, 1.165) is 36.9 Å². The Morgan fingerprint density at radius 2 is 2.54 bits per heavy atom. The van der Waals surface area contributed by atoms with Gasteiger partial charge in [0.1, 0.15) is 6.04 Å². The van der Waals surface area contributed by atoms with Crippen LogP contribution in [0, 0.1) is 0 Å². The summed E-state index contributed by atoms with van der Waals surface area (Å²) in [6.07, 6.45) is 1.73. The maximum absolute atomic E-state index is 10.9. The first kappa shape index (κ1) is 8.87. The topological polar surface area (TPSA) is 52.9 Å². The zero-order chi connectivity index (χ0) is 9.26. The summed E-state index contributed by atoms with van der Waals surface area (Å²) in [5, 5.41) is 9.87. The summed E-state index contributed by atoms with van der Waals surface area (Å²) < 4.78 is 0. The molecular weight excluding hydrogens is 188 g/mol. The van der Waals surface area contributed by atoms with E-state index in [1.807, 2.05) is 4.90 Å². The van der Waals surface area contributed by atoms with Crippen LogP contribution < -0.4 is 0 Å². The molecule has 1 atom stereocenters. The van der Waals surface area contributed by atoms with Crippen molar-refractivity contribution in [1.29, 1.82) is 0 Å². The van der Waals surface area contributed by atoms with Gasteiger partial charge in [-0.1, -0.05) is 11.8 Å². The van der Waals surface area contributed by atoms with Gasteiger partial charge in [-0.2, -0.15) is 0 Å². The molecule has 5 heteroatoms. The van der Waals surface area contributed by atoms with Gasteiger partial charge in [-0.25, -0.2) is 4.79 Å². The number of nitrogens with zero attached hydrogens (tertiary/aromatic N) is 2. The number of hydrogen-bond acceptors (Lipinski definition) is 4. The molecule has 4 nitrogen and oxygen atoms in total. The normalized spacial score (nSPS) is 27.8. The minimum atomic E-state index is -0.715. The summed E-state index contributed by atoms with van der Waals surface area (Å²) >= 11 is 1.67. The number of amidine groups is 1. The molecule has 0 spiro atoms. The molecule has 0 radical (unpaired) electrons. The lowest BCUT2D eigenvalue weighted by Gasteiger charge is -2.22. The molecule has 1 saturated heterocycles. The second-order valence-corrected chi connectivity index (χ2v) is 4.26. The highest BCUT2D eigenvalue weighted by Crippen LogP contribution is 2.24. The molecule has 1 fully saturated rings. The predicted octanol–water partition coefficient (Wildman–Crippen LogP) is 0.638. The summed E-state index contributed by atoms with van der Waals surface area (Å²) in [6.45, 7) is 1.69. The number of thioether (sulfide) groups is 1. The van der Waals surface area contributed by atoms with Crippen molar-refractivity contribution in [1.82, 2.24) is 4.90 Å². The highest BCUT2D eigenvalue weighted by atomic mass is 32.2. The molecule has 0 aliphatic carbocycles. The Kier molecular flexibility index (Phi) is 2.44. The molecule has 0 aromatic heterocycles. The molecule has 0 bridgehead atoms. The van der Waals surface area contributed by atoms with Crippen LogP contribution in [0.25, 0.3) is 0 Å². The van der Waals surface area contributed by atoms with Crippen molar-refractivity contribution >= 4 is 22.9 Å². The van der Waals surface area contributed by atoms with E-state index in [9.17, 15) is 4.79 Å². The van der Waals surface area contributed by atoms with E-state index < -0.39 is 5.97 Å². The number of aliphatic imine (C=N–C) groups is 1. The van der Waals surface area contributed by atoms with Crippen molar-refractivity contribution in [3.05, 3.63) is 0 Å². The molecule has 2 aliphatic heterocycles. The molecule has 1 unspecified atom stereocenters. The van der Waals surface area contributed by atoms with Crippen LogP contribution in [0.2, 0.25) is 0 Å². The first-order valence-corrected chi connectivity index (χ1v) is 5.44. The average molecular weight is 200 g/mol. The van der Waals surface area contributed by atoms with E-state index >= 15 is 0 Å². The maximum atomic E-state index is 10.9. The van der Waals surface area contributed by atoms with Gasteiger partial charge in [-0.3, -0.25) is 4.99 Å². The van der Waals surface area contributed by atoms with Crippen molar-refractivity contribution < 1.29 is 9.90 Å². The van der Waals surface area contributed by atoms with E-state index in [-0.39, 0.29) is 6.04 Å². The molecule has 0 aromatic rings. The Morgan fingerprint density at radius 1 is 1.69 bits per heavy atom. The summed E-state index contributed by atoms with van der Waals surface area (Å²) in [4.78, 5) is 17.1. The molecule has 2 aliphatic rings. The van der Waals surface area contributed by atoms with Gasteiger partial charge in [0.15, 0.2) is 5.17 Å². The lowest BCUT2D eigenvalue weighted by molar-refractivity contribution is -0.140. The van der Waals surface area contributed by atoms with E-state index in [4.69, 9.17) is 5.11 Å². The number of carboxylic acids is 1. The fourth-order valence-electron chi connectivity index (χ4n) is 1.75. The minimum absolute atomic E-state index is 0.329. The van der Waals surface area contributed by atoms with Crippen molar-refractivity contribution in [3.8, 4) is 0 Å². The Labute approximate surface area is 81.0 Å². The number of hydrogen-bond donors (Lipinski definition) is 1. The van der Waals surface area contributed by atoms with Gasteiger partial charge in [0, 0.05) is 12.3 Å². The standard InChI is InChI=1S/C8H12N2O2S/c11-7(12)6-2-1-4-10(6)8-9-3-5-13-8/h6H,1-5H2,(H,11,12). The number of rotatable bonds is 1. The van der Waals surface area contributed by atoms with Gasteiger partial charge in [-0.05, 0) is 12.8 Å². The fourth-order valence-corrected chi connectivity index (χ4v) is 2.68. The predicted molar refractivity (Wildman–Crippen MR) is 52.1 cm³/mol. The Morgan fingerprint density at radius 3 is 3.15 bits per heavy atom. The van der Waals surface area contributed by atoms with Gasteiger partial charge in [0.25, 0.3) is 0 Å². The SMILES string of the molecule is O=C(O)C1CCCN1C1=NCCS1. The number of likely N-dealkylation sites (tertiary alicyclic amines) is 1. The third-order valence-corrected chi connectivity index (χ3v) is 3.36. The van der Waals surface area contributed by atoms with E-state index in [1.165, 1.54) is 0 Å². The van der Waals surface area contributed by atoms with Crippen LogP contribution in [0.1, 0.15) is 12.8 Å². The largest absolute Gasteiger partial charge is 0.480 e. The minimum Gasteiger partial charge on any atom is -0.480 e. The van der Waals surface area contributed by atoms with Crippen LogP contribution in [0.4, 0.5) is 0 Å². The van der Waals surface area contributed by atoms with E-state index in [2.05, 4.69) is 4.99 Å². The monoisotopic (exact) mass is 200 g/mol. The molecule has 2 heterocycles. The first-order chi connectivity index (χ1) is 6.29. The van der Waals surface area contributed by atoms with Crippen LogP contribution in [0.15, 0.2) is 4.99 Å². The molecule has 0 amide bonds. The second kappa shape index (κ2) is 3.57. The van der Waals surface area contributed by atoms with Crippen molar-refractivity contribution in [3.63, 3.8) is 0 Å². The van der Waals surface area contributed by atoms with Gasteiger partial charge in [0.05, 0.1) is 6.54 Å². The van der Waals surface area contributed by atoms with E-state index in [0.29, 0.717) is 0 Å². The Balaban J connectivity index is 2.08. The van der Waals surface area contributed by atoms with Crippen LogP contribution in [0.5, 0.6) is 0 Å². The maximum Gasteiger partial charge on any atom is 0.326 e. The molecule has 2 rings (SSSR count). The Bertz CT molecular complexity index is 255. The van der Waals surface area contributed by atoms with E-state index in [1.54, 1.807) is 11.8 Å². The molecule has 72 valence electrons. The zero-order valence-electron chi connectivity index (χ0n) is 7.27. The quantitative estimate of drug-likeness (QED) is 0.675. The Hall–Kier alpha value is -0.710. The summed E-state index contributed by atoms with van der Waals surface area (Å²) in [5.41, 5.74) is 0. The number of carbonyl (C=O) groups is 1. The van der Waals surface area contributed by atoms with Gasteiger partial charge >= 0.3 is 5.97 Å². The molecule has 0 saturated carbocycles. The lowest BCUT2D eigenvalue weighted by Crippen LogP contribution is -2.38. The van der Waals surface area contributed by atoms with Crippen molar-refractivity contribution in [2.45, 2.75) is 18.9 Å². The summed E-state index contributed by atoms with van der Waals surface area (Å²) in [6, 6.07) is -0.329. The number of aliphatic carboxylic acids is 1. The first-order valence-electron chi connectivity index (χ1n) is 4.46. The second-order valence-electron chi connectivity index (χ2n) is 3.20. The molecule has 0 aromatic carbocycles. The average Bonchev–Trinajstić information content (AvgIpc) is 2.74. The van der Waals surface area contributed by atoms with Crippen molar-refractivity contribution in [2.24, 2.45) is 4.99 Å². The summed E-state index contributed by atoms with van der Waals surface area (Å²) in [5.74, 6) is 0.283. The van der Waals surface area contributed by atoms with Gasteiger partial charge < -0.3 is 10.0 Å². The van der Waals surface area contributed by atoms with Gasteiger partial charge in [0.2, 0.25) is 0 Å². The lowest BCUT2D eigenvalue weighted by atomic mass is 10.2. The zero-order valence-corrected chi connectivity index (χ0v) is 8.09.